The average Bonchev–Trinajstić information content (AvgIpc) is 3.90. The molecule has 0 N–H and O–H groups in total. The number of imidazole rings is 1. The largest absolute Gasteiger partial charge is 0.327 e. The first-order valence-corrected chi connectivity index (χ1v) is 21.4. The maximum Gasteiger partial charge on any atom is 0.179 e. The molecule has 11 aromatic rings. The van der Waals surface area contributed by atoms with Gasteiger partial charge in [0.15, 0.2) is 8.07 Å². The number of nitrogens with zero attached hydrogens (tertiary/aromatic N) is 4. The van der Waals surface area contributed by atoms with Crippen LogP contribution in [0, 0.1) is 0 Å². The second kappa shape index (κ2) is 12.5. The molecule has 0 bridgehead atoms. The van der Waals surface area contributed by atoms with Crippen LogP contribution >= 0.6 is 11.3 Å². The van der Waals surface area contributed by atoms with Crippen molar-refractivity contribution in [3.63, 3.8) is 0 Å². The predicted molar refractivity (Wildman–Crippen MR) is 235 cm³/mol. The number of aromatic nitrogens is 4. The number of thiophene rings is 1. The molecule has 0 atom stereocenters. The Kier molecular flexibility index (Phi) is 7.24. The number of rotatable bonds is 6. The minimum atomic E-state index is -2.95. The molecule has 0 saturated carbocycles. The van der Waals surface area contributed by atoms with Crippen molar-refractivity contribution in [2.24, 2.45) is 7.05 Å². The highest BCUT2D eigenvalue weighted by molar-refractivity contribution is 7.26. The van der Waals surface area contributed by atoms with Crippen molar-refractivity contribution in [2.45, 2.75) is 0 Å². The van der Waals surface area contributed by atoms with Gasteiger partial charge in [0.2, 0.25) is 0 Å². The van der Waals surface area contributed by atoms with Crippen LogP contribution < -0.4 is 20.7 Å². The first-order valence-electron chi connectivity index (χ1n) is 18.6. The molecule has 0 spiro atoms. The molecule has 0 fully saturated rings. The van der Waals surface area contributed by atoms with Crippen molar-refractivity contribution in [3.8, 4) is 17.2 Å². The molecule has 11 rings (SSSR count). The van der Waals surface area contributed by atoms with Crippen molar-refractivity contribution in [1.29, 1.82) is 0 Å². The summed E-state index contributed by atoms with van der Waals surface area (Å²) in [4.78, 5) is 10.1. The minimum Gasteiger partial charge on any atom is -0.327 e. The van der Waals surface area contributed by atoms with Crippen LogP contribution in [0.15, 0.2) is 188 Å². The van der Waals surface area contributed by atoms with E-state index in [1.165, 1.54) is 51.7 Å². The third kappa shape index (κ3) is 4.82. The van der Waals surface area contributed by atoms with Crippen molar-refractivity contribution in [3.05, 3.63) is 188 Å². The van der Waals surface area contributed by atoms with E-state index in [0.717, 1.165) is 39.3 Å². The Labute approximate surface area is 323 Å². The number of fused-ring (bicyclic) bond motifs is 7. The van der Waals surface area contributed by atoms with Gasteiger partial charge < -0.3 is 4.57 Å². The van der Waals surface area contributed by atoms with E-state index in [4.69, 9.17) is 9.97 Å². The molecule has 0 aliphatic rings. The second-order valence-electron chi connectivity index (χ2n) is 14.3. The zero-order valence-corrected chi connectivity index (χ0v) is 31.9. The normalized spacial score (nSPS) is 12.1. The molecule has 6 heteroatoms. The van der Waals surface area contributed by atoms with Gasteiger partial charge in [-0.05, 0) is 69.3 Å². The van der Waals surface area contributed by atoms with E-state index in [2.05, 4.69) is 192 Å². The van der Waals surface area contributed by atoms with E-state index in [0.29, 0.717) is 0 Å². The van der Waals surface area contributed by atoms with Gasteiger partial charge >= 0.3 is 0 Å². The number of hydrogen-bond acceptors (Lipinski definition) is 3. The van der Waals surface area contributed by atoms with Crippen LogP contribution in [0.5, 0.6) is 0 Å². The summed E-state index contributed by atoms with van der Waals surface area (Å²) >= 11 is 1.87. The van der Waals surface area contributed by atoms with Gasteiger partial charge in [-0.3, -0.25) is 4.57 Å². The molecule has 0 unspecified atom stereocenters. The van der Waals surface area contributed by atoms with Gasteiger partial charge in [-0.1, -0.05) is 133 Å². The molecule has 260 valence electrons. The Balaban J connectivity index is 1.24. The SMILES string of the molecule is Cn1c(-c2cccc([Si](c3ccccc3)(c3ccccc3)c3ccc4c5cc6sc7ccccc7c6cc5n(-c5ccccn5)c4c3)c2)nc2ccccc21. The second-order valence-corrected chi connectivity index (χ2v) is 19.2. The van der Waals surface area contributed by atoms with Crippen LogP contribution in [0.4, 0.5) is 0 Å². The number of pyridine rings is 1. The highest BCUT2D eigenvalue weighted by atomic mass is 32.1. The number of aryl methyl sites for hydroxylation is 1. The predicted octanol–water partition coefficient (Wildman–Crippen LogP) is 9.48. The Morgan fingerprint density at radius 2 is 1.16 bits per heavy atom. The first kappa shape index (κ1) is 31.9. The van der Waals surface area contributed by atoms with Crippen LogP contribution in [-0.2, 0) is 7.05 Å². The molecule has 0 saturated heterocycles. The van der Waals surface area contributed by atoms with Gasteiger partial charge in [-0.2, -0.15) is 0 Å². The van der Waals surface area contributed by atoms with E-state index in [-0.39, 0.29) is 0 Å². The standard InChI is InChI=1S/C49H34N4SSi/c1-52-43-23-10-9-22-42(43)51-49(52)33-15-14-20-36(29-33)55(34-16-4-2-5-17-34,35-18-6-3-7-19-35)37-26-27-38-40-32-47-41(39-21-8-11-24-46(39)54-47)31-45(40)53(44(38)30-37)48-25-12-13-28-50-48/h2-32H,1H3. The van der Waals surface area contributed by atoms with E-state index in [1.807, 2.05) is 23.6 Å². The molecule has 0 aliphatic heterocycles. The van der Waals surface area contributed by atoms with E-state index in [9.17, 15) is 0 Å². The van der Waals surface area contributed by atoms with Crippen LogP contribution in [0.3, 0.4) is 0 Å². The summed E-state index contributed by atoms with van der Waals surface area (Å²) in [5, 5.41) is 10.3. The molecular formula is C49H34N4SSi. The van der Waals surface area contributed by atoms with E-state index in [1.54, 1.807) is 0 Å². The number of benzene rings is 7. The molecule has 0 radical (unpaired) electrons. The molecule has 4 heterocycles. The fourth-order valence-electron chi connectivity index (χ4n) is 8.87. The third-order valence-corrected chi connectivity index (χ3v) is 17.2. The molecule has 55 heavy (non-hydrogen) atoms. The van der Waals surface area contributed by atoms with Gasteiger partial charge in [-0.15, -0.1) is 11.3 Å². The summed E-state index contributed by atoms with van der Waals surface area (Å²) in [7, 11) is -0.832. The summed E-state index contributed by atoms with van der Waals surface area (Å²) in [5.41, 5.74) is 5.55. The molecular weight excluding hydrogens is 705 g/mol. The molecule has 4 nitrogen and oxygen atoms in total. The smallest absolute Gasteiger partial charge is 0.179 e. The fourth-order valence-corrected chi connectivity index (χ4v) is 14.8. The van der Waals surface area contributed by atoms with E-state index >= 15 is 0 Å². The van der Waals surface area contributed by atoms with Gasteiger partial charge in [-0.25, -0.2) is 9.97 Å². The van der Waals surface area contributed by atoms with Gasteiger partial charge in [0.1, 0.15) is 11.6 Å². The maximum absolute atomic E-state index is 5.14. The Morgan fingerprint density at radius 3 is 1.95 bits per heavy atom. The van der Waals surface area contributed by atoms with Gasteiger partial charge in [0, 0.05) is 49.8 Å². The zero-order valence-electron chi connectivity index (χ0n) is 30.1. The first-order chi connectivity index (χ1) is 27.2. The quantitative estimate of drug-likeness (QED) is 0.126. The van der Waals surface area contributed by atoms with E-state index < -0.39 is 8.07 Å². The highest BCUT2D eigenvalue weighted by Gasteiger charge is 2.42. The van der Waals surface area contributed by atoms with Crippen molar-refractivity contribution >= 4 is 93.2 Å². The number of para-hydroxylation sites is 2. The zero-order chi connectivity index (χ0) is 36.5. The molecule has 0 amide bonds. The monoisotopic (exact) mass is 738 g/mol. The maximum atomic E-state index is 5.14. The highest BCUT2D eigenvalue weighted by Crippen LogP contribution is 2.40. The fraction of sp³-hybridized carbons (Fsp3) is 0.0204. The summed E-state index contributed by atoms with van der Waals surface area (Å²) in [6.07, 6.45) is 1.90. The average molecular weight is 739 g/mol. The van der Waals surface area contributed by atoms with Crippen LogP contribution in [0.25, 0.3) is 70.2 Å². The molecule has 0 aliphatic carbocycles. The topological polar surface area (TPSA) is 35.6 Å². The van der Waals surface area contributed by atoms with Crippen LogP contribution in [0.1, 0.15) is 0 Å². The lowest BCUT2D eigenvalue weighted by Crippen LogP contribution is -2.74. The summed E-state index contributed by atoms with van der Waals surface area (Å²) in [6, 6.07) is 66.9. The Hall–Kier alpha value is -6.60. The molecule has 7 aromatic carbocycles. The van der Waals surface area contributed by atoms with Gasteiger partial charge in [0.25, 0.3) is 0 Å². The van der Waals surface area contributed by atoms with Crippen molar-refractivity contribution in [2.75, 3.05) is 0 Å². The third-order valence-electron chi connectivity index (χ3n) is 11.3. The van der Waals surface area contributed by atoms with Crippen molar-refractivity contribution in [1.82, 2.24) is 19.1 Å². The van der Waals surface area contributed by atoms with Crippen LogP contribution in [-0.4, -0.2) is 27.2 Å². The summed E-state index contributed by atoms with van der Waals surface area (Å²) in [6.45, 7) is 0. The Morgan fingerprint density at radius 1 is 0.473 bits per heavy atom. The lowest BCUT2D eigenvalue weighted by molar-refractivity contribution is 0.959. The lowest BCUT2D eigenvalue weighted by Gasteiger charge is -2.34. The van der Waals surface area contributed by atoms with Crippen molar-refractivity contribution < 1.29 is 0 Å². The molecule has 4 aromatic heterocycles. The lowest BCUT2D eigenvalue weighted by atomic mass is 10.1. The Bertz CT molecular complexity index is 3180. The minimum absolute atomic E-state index is 0.911. The summed E-state index contributed by atoms with van der Waals surface area (Å²) in [5.74, 6) is 1.87. The number of hydrogen-bond donors (Lipinski definition) is 0. The van der Waals surface area contributed by atoms with Gasteiger partial charge in [0.05, 0.1) is 22.1 Å². The summed E-state index contributed by atoms with van der Waals surface area (Å²) < 4.78 is 7.21. The van der Waals surface area contributed by atoms with Crippen LogP contribution in [0.2, 0.25) is 0 Å².